The maximum atomic E-state index is 13.8. The summed E-state index contributed by atoms with van der Waals surface area (Å²) < 4.78 is 34.1. The van der Waals surface area contributed by atoms with Gasteiger partial charge in [0, 0.05) is 13.1 Å². The third-order valence-electron chi connectivity index (χ3n) is 5.96. The Morgan fingerprint density at radius 3 is 2.08 bits per heavy atom. The van der Waals surface area contributed by atoms with Crippen molar-refractivity contribution in [1.82, 2.24) is 10.2 Å². The van der Waals surface area contributed by atoms with Gasteiger partial charge < -0.3 is 15.0 Å². The number of sulfonamides is 1. The normalized spacial score (nSPS) is 11.9. The lowest BCUT2D eigenvalue weighted by Crippen LogP contribution is -2.51. The predicted molar refractivity (Wildman–Crippen MR) is 148 cm³/mol. The summed E-state index contributed by atoms with van der Waals surface area (Å²) in [6, 6.07) is 23.1. The van der Waals surface area contributed by atoms with Gasteiger partial charge in [-0.15, -0.1) is 0 Å². The van der Waals surface area contributed by atoms with Crippen LogP contribution in [0.4, 0.5) is 5.69 Å². The second-order valence-electron chi connectivity index (χ2n) is 8.73. The van der Waals surface area contributed by atoms with Crippen molar-refractivity contribution in [2.45, 2.75) is 44.7 Å². The van der Waals surface area contributed by atoms with E-state index < -0.39 is 28.5 Å². The summed E-state index contributed by atoms with van der Waals surface area (Å²) >= 11 is 0. The van der Waals surface area contributed by atoms with E-state index in [0.29, 0.717) is 24.6 Å². The Kier molecular flexibility index (Phi) is 10.3. The van der Waals surface area contributed by atoms with Gasteiger partial charge in [-0.25, -0.2) is 8.42 Å². The van der Waals surface area contributed by atoms with Crippen molar-refractivity contribution in [3.05, 3.63) is 90.5 Å². The van der Waals surface area contributed by atoms with Gasteiger partial charge in [-0.2, -0.15) is 0 Å². The minimum atomic E-state index is -4.12. The van der Waals surface area contributed by atoms with Gasteiger partial charge in [-0.3, -0.25) is 13.9 Å². The zero-order valence-corrected chi connectivity index (χ0v) is 22.9. The molecule has 0 unspecified atom stereocenters. The Morgan fingerprint density at radius 2 is 1.50 bits per heavy atom. The van der Waals surface area contributed by atoms with Crippen LogP contribution in [0.1, 0.15) is 32.8 Å². The number of nitrogens with one attached hydrogen (secondary N) is 1. The lowest BCUT2D eigenvalue weighted by atomic mass is 10.1. The Labute approximate surface area is 225 Å². The van der Waals surface area contributed by atoms with Crippen LogP contribution in [0.25, 0.3) is 0 Å². The Hall–Kier alpha value is -3.85. The first-order valence-corrected chi connectivity index (χ1v) is 14.1. The van der Waals surface area contributed by atoms with Crippen molar-refractivity contribution in [2.24, 2.45) is 0 Å². The van der Waals surface area contributed by atoms with Crippen molar-refractivity contribution >= 4 is 27.5 Å². The standard InChI is InChI=1S/C29H35N3O5S/c1-4-20-30-29(34)23(3)31(21-24-12-8-6-9-13-24)28(33)22-32(25-14-10-7-11-15-25)38(35,36)27-18-16-26(17-19-27)37-5-2/h6-19,23H,4-5,20-22H2,1-3H3,(H,30,34)/t23-/m0/s1. The van der Waals surface area contributed by atoms with Crippen LogP contribution in [0.15, 0.2) is 89.8 Å². The number of para-hydroxylation sites is 1. The topological polar surface area (TPSA) is 96.0 Å². The quantitative estimate of drug-likeness (QED) is 0.352. The van der Waals surface area contributed by atoms with Crippen LogP contribution in [0.5, 0.6) is 5.75 Å². The Balaban J connectivity index is 1.96. The smallest absolute Gasteiger partial charge is 0.264 e. The highest BCUT2D eigenvalue weighted by atomic mass is 32.2. The zero-order valence-electron chi connectivity index (χ0n) is 22.0. The third-order valence-corrected chi connectivity index (χ3v) is 7.75. The number of rotatable bonds is 13. The third kappa shape index (κ3) is 7.35. The van der Waals surface area contributed by atoms with E-state index in [0.717, 1.165) is 16.3 Å². The molecule has 8 nitrogen and oxygen atoms in total. The lowest BCUT2D eigenvalue weighted by Gasteiger charge is -2.32. The van der Waals surface area contributed by atoms with E-state index in [1.54, 1.807) is 49.4 Å². The van der Waals surface area contributed by atoms with E-state index >= 15 is 0 Å². The summed E-state index contributed by atoms with van der Waals surface area (Å²) in [7, 11) is -4.12. The first kappa shape index (κ1) is 28.7. The molecule has 0 aliphatic carbocycles. The van der Waals surface area contributed by atoms with Crippen LogP contribution in [0, 0.1) is 0 Å². The molecule has 9 heteroatoms. The van der Waals surface area contributed by atoms with Gasteiger partial charge in [0.15, 0.2) is 0 Å². The predicted octanol–water partition coefficient (Wildman–Crippen LogP) is 4.22. The first-order valence-electron chi connectivity index (χ1n) is 12.7. The summed E-state index contributed by atoms with van der Waals surface area (Å²) in [6.45, 7) is 6.07. The van der Waals surface area contributed by atoms with Crippen LogP contribution >= 0.6 is 0 Å². The molecule has 0 radical (unpaired) electrons. The average molecular weight is 538 g/mol. The molecule has 0 bridgehead atoms. The fourth-order valence-electron chi connectivity index (χ4n) is 3.88. The molecule has 3 rings (SSSR count). The highest BCUT2D eigenvalue weighted by molar-refractivity contribution is 7.92. The van der Waals surface area contributed by atoms with Gasteiger partial charge in [0.05, 0.1) is 17.2 Å². The lowest BCUT2D eigenvalue weighted by molar-refractivity contribution is -0.139. The first-order chi connectivity index (χ1) is 18.3. The molecule has 2 amide bonds. The maximum absolute atomic E-state index is 13.8. The van der Waals surface area contributed by atoms with Crippen molar-refractivity contribution in [3.63, 3.8) is 0 Å². The molecule has 38 heavy (non-hydrogen) atoms. The van der Waals surface area contributed by atoms with Gasteiger partial charge in [-0.05, 0) is 62.2 Å². The summed E-state index contributed by atoms with van der Waals surface area (Å²) in [4.78, 5) is 28.1. The second kappa shape index (κ2) is 13.6. The minimum Gasteiger partial charge on any atom is -0.494 e. The van der Waals surface area contributed by atoms with Crippen LogP contribution in [0.3, 0.4) is 0 Å². The van der Waals surface area contributed by atoms with E-state index in [1.165, 1.54) is 17.0 Å². The molecule has 0 spiro atoms. The summed E-state index contributed by atoms with van der Waals surface area (Å²) in [6.07, 6.45) is 0.757. The Bertz CT molecular complexity index is 1280. The molecule has 202 valence electrons. The number of amides is 2. The van der Waals surface area contributed by atoms with Crippen LogP contribution < -0.4 is 14.4 Å². The van der Waals surface area contributed by atoms with Crippen LogP contribution in [0.2, 0.25) is 0 Å². The molecule has 1 atom stereocenters. The minimum absolute atomic E-state index is 0.0287. The SMILES string of the molecule is CCCNC(=O)[C@H](C)N(Cc1ccccc1)C(=O)CN(c1ccccc1)S(=O)(=O)c1ccc(OCC)cc1. The van der Waals surface area contributed by atoms with E-state index in [9.17, 15) is 18.0 Å². The van der Waals surface area contributed by atoms with Gasteiger partial charge in [0.25, 0.3) is 10.0 Å². The zero-order chi connectivity index (χ0) is 27.5. The molecule has 1 N–H and O–H groups in total. The number of anilines is 1. The number of carbonyl (C=O) groups excluding carboxylic acids is 2. The summed E-state index contributed by atoms with van der Waals surface area (Å²) in [5.74, 6) is -0.238. The van der Waals surface area contributed by atoms with Crippen molar-refractivity contribution in [3.8, 4) is 5.75 Å². The van der Waals surface area contributed by atoms with E-state index in [-0.39, 0.29) is 17.3 Å². The average Bonchev–Trinajstić information content (AvgIpc) is 2.94. The highest BCUT2D eigenvalue weighted by Crippen LogP contribution is 2.26. The highest BCUT2D eigenvalue weighted by Gasteiger charge is 2.32. The van der Waals surface area contributed by atoms with E-state index in [1.807, 2.05) is 44.2 Å². The summed E-state index contributed by atoms with van der Waals surface area (Å²) in [5.41, 5.74) is 1.18. The van der Waals surface area contributed by atoms with Crippen LogP contribution in [-0.4, -0.2) is 50.9 Å². The van der Waals surface area contributed by atoms with Crippen molar-refractivity contribution in [2.75, 3.05) is 24.0 Å². The van der Waals surface area contributed by atoms with Gasteiger partial charge in [-0.1, -0.05) is 55.5 Å². The fourth-order valence-corrected chi connectivity index (χ4v) is 5.30. The molecule has 0 aromatic heterocycles. The van der Waals surface area contributed by atoms with Crippen molar-refractivity contribution in [1.29, 1.82) is 0 Å². The number of ether oxygens (including phenoxy) is 1. The molecular formula is C29H35N3O5S. The number of nitrogens with zero attached hydrogens (tertiary/aromatic N) is 2. The molecule has 0 aliphatic heterocycles. The summed E-state index contributed by atoms with van der Waals surface area (Å²) in [5, 5.41) is 2.83. The van der Waals surface area contributed by atoms with E-state index in [4.69, 9.17) is 4.74 Å². The number of carbonyl (C=O) groups is 2. The maximum Gasteiger partial charge on any atom is 0.264 e. The monoisotopic (exact) mass is 537 g/mol. The molecule has 0 fully saturated rings. The molecule has 0 saturated heterocycles. The van der Waals surface area contributed by atoms with E-state index in [2.05, 4.69) is 5.32 Å². The molecule has 0 saturated carbocycles. The van der Waals surface area contributed by atoms with Gasteiger partial charge in [0.1, 0.15) is 18.3 Å². The van der Waals surface area contributed by atoms with Crippen LogP contribution in [-0.2, 0) is 26.2 Å². The van der Waals surface area contributed by atoms with Gasteiger partial charge >= 0.3 is 0 Å². The largest absolute Gasteiger partial charge is 0.494 e. The molecule has 3 aromatic carbocycles. The van der Waals surface area contributed by atoms with Crippen molar-refractivity contribution < 1.29 is 22.7 Å². The fraction of sp³-hybridized carbons (Fsp3) is 0.310. The number of benzene rings is 3. The molecule has 0 heterocycles. The number of hydrogen-bond donors (Lipinski definition) is 1. The Morgan fingerprint density at radius 1 is 0.895 bits per heavy atom. The molecular weight excluding hydrogens is 502 g/mol. The molecule has 0 aliphatic rings. The molecule has 3 aromatic rings. The number of hydrogen-bond acceptors (Lipinski definition) is 5. The van der Waals surface area contributed by atoms with Gasteiger partial charge in [0.2, 0.25) is 11.8 Å². The second-order valence-corrected chi connectivity index (χ2v) is 10.6.